The topological polar surface area (TPSA) is 35.6 Å². The van der Waals surface area contributed by atoms with E-state index in [4.69, 9.17) is 23.2 Å². The van der Waals surface area contributed by atoms with Gasteiger partial charge in [-0.3, -0.25) is 4.79 Å². The summed E-state index contributed by atoms with van der Waals surface area (Å²) in [6, 6.07) is 12.9. The highest BCUT2D eigenvalue weighted by molar-refractivity contribution is 6.44. The quantitative estimate of drug-likeness (QED) is 0.857. The largest absolute Gasteiger partial charge is 0.367 e. The second-order valence-corrected chi connectivity index (χ2v) is 6.78. The van der Waals surface area contributed by atoms with Crippen molar-refractivity contribution in [2.75, 3.05) is 42.9 Å². The molecule has 1 amide bonds. The van der Waals surface area contributed by atoms with Crippen LogP contribution in [0.25, 0.3) is 0 Å². The van der Waals surface area contributed by atoms with E-state index in [1.165, 1.54) is 0 Å². The highest BCUT2D eigenvalue weighted by Crippen LogP contribution is 2.29. The van der Waals surface area contributed by atoms with Gasteiger partial charge in [0.1, 0.15) is 0 Å². The molecule has 25 heavy (non-hydrogen) atoms. The second kappa shape index (κ2) is 8.09. The molecule has 0 saturated carbocycles. The molecule has 6 heteroatoms. The van der Waals surface area contributed by atoms with Crippen LogP contribution in [0, 0.1) is 0 Å². The lowest BCUT2D eigenvalue weighted by Crippen LogP contribution is -2.46. The number of hydrogen-bond donors (Lipinski definition) is 1. The minimum atomic E-state index is -0.257. The average Bonchev–Trinajstić information content (AvgIpc) is 2.64. The average molecular weight is 378 g/mol. The van der Waals surface area contributed by atoms with Crippen molar-refractivity contribution in [2.24, 2.45) is 0 Å². The first-order chi connectivity index (χ1) is 12.1. The molecule has 1 aliphatic heterocycles. The van der Waals surface area contributed by atoms with E-state index in [1.54, 1.807) is 18.2 Å². The fourth-order valence-corrected chi connectivity index (χ4v) is 3.42. The highest BCUT2D eigenvalue weighted by Gasteiger charge is 2.20. The van der Waals surface area contributed by atoms with E-state index in [0.29, 0.717) is 10.6 Å². The van der Waals surface area contributed by atoms with E-state index in [0.717, 1.165) is 44.1 Å². The molecule has 0 aliphatic carbocycles. The van der Waals surface area contributed by atoms with E-state index < -0.39 is 0 Å². The van der Waals surface area contributed by atoms with E-state index >= 15 is 0 Å². The van der Waals surface area contributed by atoms with Crippen LogP contribution >= 0.6 is 23.2 Å². The molecule has 0 unspecified atom stereocenters. The molecule has 2 aromatic rings. The molecule has 3 rings (SSSR count). The molecule has 0 spiro atoms. The van der Waals surface area contributed by atoms with Gasteiger partial charge in [-0.25, -0.2) is 0 Å². The van der Waals surface area contributed by atoms with Gasteiger partial charge < -0.3 is 15.1 Å². The standard InChI is InChI=1S/C19H21Cl2N3O/c1-2-23-10-12-24(13-11-23)17-9-4-3-8-16(17)22-19(25)14-6-5-7-15(20)18(14)21/h3-9H,2,10-13H2,1H3,(H,22,25). The molecule has 1 saturated heterocycles. The van der Waals surface area contributed by atoms with E-state index in [-0.39, 0.29) is 10.9 Å². The number of rotatable bonds is 4. The molecule has 1 aliphatic rings. The number of carbonyl (C=O) groups is 1. The predicted octanol–water partition coefficient (Wildman–Crippen LogP) is 4.39. The van der Waals surface area contributed by atoms with Crippen LogP contribution in [0.3, 0.4) is 0 Å². The third-order valence-corrected chi connectivity index (χ3v) is 5.33. The highest BCUT2D eigenvalue weighted by atomic mass is 35.5. The van der Waals surface area contributed by atoms with Crippen molar-refractivity contribution in [3.05, 3.63) is 58.1 Å². The Morgan fingerprint density at radius 2 is 1.76 bits per heavy atom. The van der Waals surface area contributed by atoms with Crippen LogP contribution in [0.4, 0.5) is 11.4 Å². The second-order valence-electron chi connectivity index (χ2n) is 5.99. The van der Waals surface area contributed by atoms with Gasteiger partial charge in [0.05, 0.1) is 27.0 Å². The number of anilines is 2. The molecule has 0 aromatic heterocycles. The molecular formula is C19H21Cl2N3O. The zero-order valence-electron chi connectivity index (χ0n) is 14.1. The summed E-state index contributed by atoms with van der Waals surface area (Å²) < 4.78 is 0. The first-order valence-electron chi connectivity index (χ1n) is 8.42. The number of nitrogens with zero attached hydrogens (tertiary/aromatic N) is 2. The summed E-state index contributed by atoms with van der Waals surface area (Å²) in [4.78, 5) is 17.4. The molecular weight excluding hydrogens is 357 g/mol. The van der Waals surface area contributed by atoms with Crippen LogP contribution in [0.1, 0.15) is 17.3 Å². The van der Waals surface area contributed by atoms with Crippen LogP contribution < -0.4 is 10.2 Å². The number of piperazine rings is 1. The Morgan fingerprint density at radius 1 is 1.04 bits per heavy atom. The van der Waals surface area contributed by atoms with E-state index in [2.05, 4.69) is 22.0 Å². The lowest BCUT2D eigenvalue weighted by Gasteiger charge is -2.36. The Hall–Kier alpha value is -1.75. The first kappa shape index (κ1) is 18.1. The number of hydrogen-bond acceptors (Lipinski definition) is 3. The van der Waals surface area contributed by atoms with Crippen molar-refractivity contribution in [1.29, 1.82) is 0 Å². The van der Waals surface area contributed by atoms with Gasteiger partial charge in [-0.05, 0) is 30.8 Å². The molecule has 132 valence electrons. The Kier molecular flexibility index (Phi) is 5.84. The number of halogens is 2. The maximum atomic E-state index is 12.6. The predicted molar refractivity (Wildman–Crippen MR) is 105 cm³/mol. The van der Waals surface area contributed by atoms with E-state index in [1.807, 2.05) is 24.3 Å². The van der Waals surface area contributed by atoms with Gasteiger partial charge in [-0.2, -0.15) is 0 Å². The van der Waals surface area contributed by atoms with Gasteiger partial charge >= 0.3 is 0 Å². The summed E-state index contributed by atoms with van der Waals surface area (Å²) in [6.45, 7) is 7.19. The summed E-state index contributed by atoms with van der Waals surface area (Å²) >= 11 is 12.2. The summed E-state index contributed by atoms with van der Waals surface area (Å²) in [7, 11) is 0. The monoisotopic (exact) mass is 377 g/mol. The van der Waals surface area contributed by atoms with Gasteiger partial charge in [0.25, 0.3) is 5.91 Å². The van der Waals surface area contributed by atoms with Crippen molar-refractivity contribution >= 4 is 40.5 Å². The SMILES string of the molecule is CCN1CCN(c2ccccc2NC(=O)c2cccc(Cl)c2Cl)CC1. The van der Waals surface area contributed by atoms with Gasteiger partial charge in [0, 0.05) is 26.2 Å². The molecule has 0 bridgehead atoms. The zero-order valence-corrected chi connectivity index (χ0v) is 15.6. The minimum Gasteiger partial charge on any atom is -0.367 e. The Morgan fingerprint density at radius 3 is 2.48 bits per heavy atom. The summed E-state index contributed by atoms with van der Waals surface area (Å²) in [5, 5.41) is 3.63. The van der Waals surface area contributed by atoms with Gasteiger partial charge in [-0.1, -0.05) is 48.3 Å². The summed E-state index contributed by atoms with van der Waals surface area (Å²) in [5.41, 5.74) is 2.19. The molecule has 1 heterocycles. The maximum absolute atomic E-state index is 12.6. The van der Waals surface area contributed by atoms with Gasteiger partial charge in [-0.15, -0.1) is 0 Å². The molecule has 2 aromatic carbocycles. The third-order valence-electron chi connectivity index (χ3n) is 4.51. The zero-order chi connectivity index (χ0) is 17.8. The van der Waals surface area contributed by atoms with E-state index in [9.17, 15) is 4.79 Å². The fourth-order valence-electron chi connectivity index (χ4n) is 3.03. The normalized spacial score (nSPS) is 15.2. The van der Waals surface area contributed by atoms with Gasteiger partial charge in [0.15, 0.2) is 0 Å². The Balaban J connectivity index is 1.79. The van der Waals surface area contributed by atoms with Crippen LogP contribution in [0.2, 0.25) is 10.0 Å². The van der Waals surface area contributed by atoms with Crippen LogP contribution in [-0.2, 0) is 0 Å². The lowest BCUT2D eigenvalue weighted by molar-refractivity contribution is 0.102. The smallest absolute Gasteiger partial charge is 0.257 e. The third kappa shape index (κ3) is 4.09. The minimum absolute atomic E-state index is 0.257. The lowest BCUT2D eigenvalue weighted by atomic mass is 10.1. The Bertz CT molecular complexity index is 758. The number of para-hydroxylation sites is 2. The van der Waals surface area contributed by atoms with Crippen molar-refractivity contribution < 1.29 is 4.79 Å². The van der Waals surface area contributed by atoms with Crippen molar-refractivity contribution in [2.45, 2.75) is 6.92 Å². The van der Waals surface area contributed by atoms with Crippen LogP contribution in [-0.4, -0.2) is 43.5 Å². The Labute approximate surface area is 158 Å². The molecule has 0 atom stereocenters. The summed E-state index contributed by atoms with van der Waals surface area (Å²) in [5.74, 6) is -0.257. The van der Waals surface area contributed by atoms with Crippen molar-refractivity contribution in [3.63, 3.8) is 0 Å². The number of likely N-dealkylation sites (N-methyl/N-ethyl adjacent to an activating group) is 1. The molecule has 1 fully saturated rings. The number of carbonyl (C=O) groups excluding carboxylic acids is 1. The fraction of sp³-hybridized carbons (Fsp3) is 0.316. The van der Waals surface area contributed by atoms with Crippen molar-refractivity contribution in [1.82, 2.24) is 4.90 Å². The first-order valence-corrected chi connectivity index (χ1v) is 9.17. The molecule has 1 N–H and O–H groups in total. The number of amides is 1. The van der Waals surface area contributed by atoms with Crippen LogP contribution in [0.15, 0.2) is 42.5 Å². The van der Waals surface area contributed by atoms with Gasteiger partial charge in [0.2, 0.25) is 0 Å². The maximum Gasteiger partial charge on any atom is 0.257 e. The summed E-state index contributed by atoms with van der Waals surface area (Å²) in [6.07, 6.45) is 0. The van der Waals surface area contributed by atoms with Crippen molar-refractivity contribution in [3.8, 4) is 0 Å². The number of benzene rings is 2. The van der Waals surface area contributed by atoms with Crippen LogP contribution in [0.5, 0.6) is 0 Å². The number of nitrogens with one attached hydrogen (secondary N) is 1. The molecule has 4 nitrogen and oxygen atoms in total. The molecule has 0 radical (unpaired) electrons.